The number of hydrogen-bond acceptors (Lipinski definition) is 3. The van der Waals surface area contributed by atoms with Gasteiger partial charge in [-0.25, -0.2) is 0 Å². The fourth-order valence-electron chi connectivity index (χ4n) is 2.00. The van der Waals surface area contributed by atoms with Gasteiger partial charge in [-0.3, -0.25) is 4.68 Å². The number of anilines is 1. The minimum absolute atomic E-state index is 0.247. The number of nitrogens with zero attached hydrogens (tertiary/aromatic N) is 2. The Balaban J connectivity index is 1.89. The highest BCUT2D eigenvalue weighted by molar-refractivity contribution is 5.39. The van der Waals surface area contributed by atoms with E-state index in [2.05, 4.69) is 44.3 Å². The molecule has 0 radical (unpaired) electrons. The van der Waals surface area contributed by atoms with Gasteiger partial charge < -0.3 is 10.1 Å². The molecule has 2 rings (SSSR count). The summed E-state index contributed by atoms with van der Waals surface area (Å²) in [5.74, 6) is 0. The topological polar surface area (TPSA) is 39.1 Å². The van der Waals surface area contributed by atoms with Gasteiger partial charge in [-0.05, 0) is 25.2 Å². The van der Waals surface area contributed by atoms with Crippen molar-refractivity contribution in [3.63, 3.8) is 0 Å². The van der Waals surface area contributed by atoms with Gasteiger partial charge in [0.15, 0.2) is 0 Å². The molecule has 0 unspecified atom stereocenters. The van der Waals surface area contributed by atoms with Gasteiger partial charge in [0.05, 0.1) is 24.5 Å². The van der Waals surface area contributed by atoms with Crippen LogP contribution in [0.4, 0.5) is 5.69 Å². The lowest BCUT2D eigenvalue weighted by Gasteiger charge is -2.28. The Kier molecular flexibility index (Phi) is 3.95. The van der Waals surface area contributed by atoms with Crippen LogP contribution in [0.2, 0.25) is 0 Å². The molecular weight excluding hydrogens is 226 g/mol. The number of nitrogens with one attached hydrogen (secondary N) is 1. The van der Waals surface area contributed by atoms with Crippen LogP contribution < -0.4 is 5.32 Å². The van der Waals surface area contributed by atoms with E-state index < -0.39 is 0 Å². The molecule has 1 saturated heterocycles. The van der Waals surface area contributed by atoms with Gasteiger partial charge in [-0.1, -0.05) is 20.8 Å². The third-order valence-corrected chi connectivity index (χ3v) is 3.73. The SMILES string of the molecule is C[C@@H](Nc1cnn(C[C@H]2CCCO2)c1)C(C)(C)C. The molecule has 1 aromatic heterocycles. The Hall–Kier alpha value is -1.03. The molecule has 2 atom stereocenters. The number of hydrogen-bond donors (Lipinski definition) is 1. The molecule has 1 aromatic rings. The van der Waals surface area contributed by atoms with Crippen LogP contribution in [0, 0.1) is 5.41 Å². The highest BCUT2D eigenvalue weighted by Gasteiger charge is 2.20. The van der Waals surface area contributed by atoms with E-state index in [1.54, 1.807) is 0 Å². The summed E-state index contributed by atoms with van der Waals surface area (Å²) in [6.45, 7) is 10.7. The number of ether oxygens (including phenoxy) is 1. The summed E-state index contributed by atoms with van der Waals surface area (Å²) >= 11 is 0. The molecular formula is C14H25N3O. The average molecular weight is 251 g/mol. The van der Waals surface area contributed by atoms with Crippen LogP contribution in [-0.2, 0) is 11.3 Å². The minimum Gasteiger partial charge on any atom is -0.380 e. The maximum absolute atomic E-state index is 5.62. The van der Waals surface area contributed by atoms with Gasteiger partial charge in [0.25, 0.3) is 0 Å². The van der Waals surface area contributed by atoms with Crippen molar-refractivity contribution >= 4 is 5.69 Å². The highest BCUT2D eigenvalue weighted by Crippen LogP contribution is 2.22. The van der Waals surface area contributed by atoms with Gasteiger partial charge in [-0.2, -0.15) is 5.10 Å². The smallest absolute Gasteiger partial charge is 0.0771 e. The van der Waals surface area contributed by atoms with Gasteiger partial charge >= 0.3 is 0 Å². The van der Waals surface area contributed by atoms with Gasteiger partial charge in [0, 0.05) is 18.8 Å². The molecule has 1 aliphatic heterocycles. The number of aromatic nitrogens is 2. The fourth-order valence-corrected chi connectivity index (χ4v) is 2.00. The van der Waals surface area contributed by atoms with E-state index in [-0.39, 0.29) is 5.41 Å². The van der Waals surface area contributed by atoms with Crippen molar-refractivity contribution in [3.05, 3.63) is 12.4 Å². The van der Waals surface area contributed by atoms with E-state index in [1.165, 1.54) is 6.42 Å². The lowest BCUT2D eigenvalue weighted by atomic mass is 9.88. The van der Waals surface area contributed by atoms with Crippen molar-refractivity contribution in [1.29, 1.82) is 0 Å². The third kappa shape index (κ3) is 3.48. The molecule has 0 aliphatic carbocycles. The Morgan fingerprint density at radius 1 is 1.56 bits per heavy atom. The molecule has 18 heavy (non-hydrogen) atoms. The predicted octanol–water partition coefficient (Wildman–Crippen LogP) is 2.91. The standard InChI is InChI=1S/C14H25N3O/c1-11(14(2,3)4)16-12-8-15-17(9-12)10-13-6-5-7-18-13/h8-9,11,13,16H,5-7,10H2,1-4H3/t11-,13-/m1/s1. The highest BCUT2D eigenvalue weighted by atomic mass is 16.5. The summed E-state index contributed by atoms with van der Waals surface area (Å²) < 4.78 is 7.60. The van der Waals surface area contributed by atoms with Gasteiger partial charge in [-0.15, -0.1) is 0 Å². The Morgan fingerprint density at radius 3 is 2.94 bits per heavy atom. The Morgan fingerprint density at radius 2 is 2.33 bits per heavy atom. The average Bonchev–Trinajstić information content (AvgIpc) is 2.89. The first-order chi connectivity index (χ1) is 8.45. The molecule has 0 saturated carbocycles. The summed E-state index contributed by atoms with van der Waals surface area (Å²) in [4.78, 5) is 0. The quantitative estimate of drug-likeness (QED) is 0.894. The fraction of sp³-hybridized carbons (Fsp3) is 0.786. The van der Waals surface area contributed by atoms with Crippen molar-refractivity contribution in [3.8, 4) is 0 Å². The zero-order valence-electron chi connectivity index (χ0n) is 11.9. The zero-order valence-corrected chi connectivity index (χ0v) is 11.9. The van der Waals surface area contributed by atoms with Crippen molar-refractivity contribution in [2.24, 2.45) is 5.41 Å². The van der Waals surface area contributed by atoms with Crippen LogP contribution in [0.15, 0.2) is 12.4 Å². The van der Waals surface area contributed by atoms with E-state index in [1.807, 2.05) is 10.9 Å². The van der Waals surface area contributed by atoms with E-state index >= 15 is 0 Å². The monoisotopic (exact) mass is 251 g/mol. The molecule has 0 spiro atoms. The van der Waals surface area contributed by atoms with Crippen LogP contribution in [-0.4, -0.2) is 28.5 Å². The predicted molar refractivity (Wildman–Crippen MR) is 73.7 cm³/mol. The molecule has 0 amide bonds. The third-order valence-electron chi connectivity index (χ3n) is 3.73. The Bertz CT molecular complexity index is 375. The largest absolute Gasteiger partial charge is 0.380 e. The molecule has 2 heterocycles. The molecule has 4 heteroatoms. The first kappa shape index (κ1) is 13.4. The molecule has 1 aliphatic rings. The van der Waals surface area contributed by atoms with Crippen LogP contribution >= 0.6 is 0 Å². The van der Waals surface area contributed by atoms with E-state index in [0.29, 0.717) is 12.1 Å². The van der Waals surface area contributed by atoms with Gasteiger partial charge in [0.2, 0.25) is 0 Å². The first-order valence-corrected chi connectivity index (χ1v) is 6.86. The van der Waals surface area contributed by atoms with Crippen molar-refractivity contribution in [2.75, 3.05) is 11.9 Å². The van der Waals surface area contributed by atoms with Crippen LogP contribution in [0.1, 0.15) is 40.5 Å². The second kappa shape index (κ2) is 5.31. The summed E-state index contributed by atoms with van der Waals surface area (Å²) in [5.41, 5.74) is 1.34. The summed E-state index contributed by atoms with van der Waals surface area (Å²) in [6, 6.07) is 0.415. The summed E-state index contributed by atoms with van der Waals surface area (Å²) in [6.07, 6.45) is 6.65. The van der Waals surface area contributed by atoms with Crippen LogP contribution in [0.5, 0.6) is 0 Å². The first-order valence-electron chi connectivity index (χ1n) is 6.86. The summed E-state index contributed by atoms with van der Waals surface area (Å²) in [7, 11) is 0. The van der Waals surface area contributed by atoms with E-state index in [4.69, 9.17) is 4.74 Å². The lowest BCUT2D eigenvalue weighted by Crippen LogP contribution is -2.30. The van der Waals surface area contributed by atoms with Crippen molar-refractivity contribution in [1.82, 2.24) is 9.78 Å². The van der Waals surface area contributed by atoms with E-state index in [0.717, 1.165) is 25.3 Å². The van der Waals surface area contributed by atoms with Crippen molar-refractivity contribution < 1.29 is 4.74 Å². The van der Waals surface area contributed by atoms with Gasteiger partial charge in [0.1, 0.15) is 0 Å². The second-order valence-electron chi connectivity index (χ2n) is 6.32. The Labute approximate surface area is 110 Å². The molecule has 4 nitrogen and oxygen atoms in total. The molecule has 0 aromatic carbocycles. The lowest BCUT2D eigenvalue weighted by molar-refractivity contribution is 0.0940. The normalized spacial score (nSPS) is 22.1. The minimum atomic E-state index is 0.247. The molecule has 0 bridgehead atoms. The second-order valence-corrected chi connectivity index (χ2v) is 6.32. The molecule has 102 valence electrons. The maximum Gasteiger partial charge on any atom is 0.0771 e. The van der Waals surface area contributed by atoms with Crippen LogP contribution in [0.3, 0.4) is 0 Å². The maximum atomic E-state index is 5.62. The molecule has 1 fully saturated rings. The van der Waals surface area contributed by atoms with E-state index in [9.17, 15) is 0 Å². The van der Waals surface area contributed by atoms with Crippen molar-refractivity contribution in [2.45, 2.75) is 59.2 Å². The molecule has 1 N–H and O–H groups in total. The van der Waals surface area contributed by atoms with Crippen LogP contribution in [0.25, 0.3) is 0 Å². The summed E-state index contributed by atoms with van der Waals surface area (Å²) in [5, 5.41) is 7.89. The number of rotatable bonds is 4. The zero-order chi connectivity index (χ0) is 13.2.